The molecule has 4 heteroatoms. The topological polar surface area (TPSA) is 43.4 Å². The summed E-state index contributed by atoms with van der Waals surface area (Å²) in [5.41, 5.74) is 0. The average molecular weight is 192 g/mol. The highest BCUT2D eigenvalue weighted by atomic mass is 32.2. The molecule has 1 fully saturated rings. The third-order valence-electron chi connectivity index (χ3n) is 1.86. The maximum absolute atomic E-state index is 11.0. The second-order valence-electron chi connectivity index (χ2n) is 3.75. The van der Waals surface area contributed by atoms with Crippen LogP contribution in [0.2, 0.25) is 0 Å². The van der Waals surface area contributed by atoms with Crippen molar-refractivity contribution in [1.82, 2.24) is 0 Å². The molecule has 0 saturated carbocycles. The molecule has 0 spiro atoms. The van der Waals surface area contributed by atoms with Crippen molar-refractivity contribution in [1.29, 1.82) is 0 Å². The minimum atomic E-state index is -2.77. The summed E-state index contributed by atoms with van der Waals surface area (Å²) in [6.45, 7) is 4.78. The fraction of sp³-hybridized carbons (Fsp3) is 1.00. The number of hydrogen-bond acceptors (Lipinski definition) is 3. The molecule has 3 nitrogen and oxygen atoms in total. The Kier molecular flexibility index (Phi) is 3.12. The molecule has 1 rings (SSSR count). The van der Waals surface area contributed by atoms with Gasteiger partial charge in [-0.25, -0.2) is 8.42 Å². The van der Waals surface area contributed by atoms with Crippen molar-refractivity contribution in [3.63, 3.8) is 0 Å². The lowest BCUT2D eigenvalue weighted by Gasteiger charge is -2.11. The van der Waals surface area contributed by atoms with Crippen LogP contribution in [0.5, 0.6) is 0 Å². The summed E-state index contributed by atoms with van der Waals surface area (Å²) < 4.78 is 27.4. The highest BCUT2D eigenvalue weighted by Crippen LogP contribution is 2.15. The van der Waals surface area contributed by atoms with Crippen LogP contribution in [-0.2, 0) is 14.6 Å². The molecule has 1 aliphatic rings. The van der Waals surface area contributed by atoms with Crippen LogP contribution in [0.3, 0.4) is 0 Å². The van der Waals surface area contributed by atoms with E-state index in [-0.39, 0.29) is 11.9 Å². The van der Waals surface area contributed by atoms with E-state index in [0.717, 1.165) is 0 Å². The Morgan fingerprint density at radius 2 is 2.17 bits per heavy atom. The summed E-state index contributed by atoms with van der Waals surface area (Å²) in [4.78, 5) is 0. The van der Waals surface area contributed by atoms with E-state index >= 15 is 0 Å². The smallest absolute Gasteiger partial charge is 0.152 e. The Morgan fingerprint density at radius 1 is 1.50 bits per heavy atom. The van der Waals surface area contributed by atoms with Crippen molar-refractivity contribution >= 4 is 9.84 Å². The van der Waals surface area contributed by atoms with Crippen LogP contribution in [0.1, 0.15) is 20.3 Å². The van der Waals surface area contributed by atoms with Gasteiger partial charge in [0.15, 0.2) is 9.84 Å². The van der Waals surface area contributed by atoms with Crippen LogP contribution < -0.4 is 0 Å². The molecule has 1 atom stereocenters. The van der Waals surface area contributed by atoms with Gasteiger partial charge in [-0.2, -0.15) is 0 Å². The largest absolute Gasteiger partial charge is 0.377 e. The van der Waals surface area contributed by atoms with E-state index < -0.39 is 9.84 Å². The Labute approximate surface area is 74.0 Å². The van der Waals surface area contributed by atoms with Gasteiger partial charge in [0, 0.05) is 6.61 Å². The van der Waals surface area contributed by atoms with Crippen LogP contribution in [0, 0.1) is 5.92 Å². The van der Waals surface area contributed by atoms with E-state index in [1.54, 1.807) is 0 Å². The Bertz CT molecular complexity index is 231. The van der Waals surface area contributed by atoms with Gasteiger partial charge in [0.1, 0.15) is 0 Å². The average Bonchev–Trinajstić information content (AvgIpc) is 2.26. The summed E-state index contributed by atoms with van der Waals surface area (Å²) in [7, 11) is -2.77. The monoisotopic (exact) mass is 192 g/mol. The van der Waals surface area contributed by atoms with Crippen LogP contribution in [0.4, 0.5) is 0 Å². The SMILES string of the molecule is CC(C)CO[C@H]1CCS(=O)(=O)C1. The second-order valence-corrected chi connectivity index (χ2v) is 5.98. The van der Waals surface area contributed by atoms with Gasteiger partial charge in [-0.1, -0.05) is 13.8 Å². The van der Waals surface area contributed by atoms with Crippen molar-refractivity contribution in [2.75, 3.05) is 18.1 Å². The van der Waals surface area contributed by atoms with Crippen LogP contribution in [0.15, 0.2) is 0 Å². The van der Waals surface area contributed by atoms with E-state index in [1.165, 1.54) is 0 Å². The molecule has 0 aromatic heterocycles. The predicted octanol–water partition coefficient (Wildman–Crippen LogP) is 0.846. The molecule has 1 heterocycles. The third kappa shape index (κ3) is 3.11. The molecule has 0 N–H and O–H groups in total. The lowest BCUT2D eigenvalue weighted by atomic mass is 10.2. The molecule has 0 amide bonds. The van der Waals surface area contributed by atoms with Gasteiger partial charge in [0.25, 0.3) is 0 Å². The van der Waals surface area contributed by atoms with E-state index in [0.29, 0.717) is 24.7 Å². The molecule has 12 heavy (non-hydrogen) atoms. The van der Waals surface area contributed by atoms with E-state index in [9.17, 15) is 8.42 Å². The summed E-state index contributed by atoms with van der Waals surface area (Å²) in [5, 5.41) is 0. The number of hydrogen-bond donors (Lipinski definition) is 0. The van der Waals surface area contributed by atoms with Crippen molar-refractivity contribution in [2.45, 2.75) is 26.4 Å². The molecule has 0 radical (unpaired) electrons. The van der Waals surface area contributed by atoms with Crippen LogP contribution >= 0.6 is 0 Å². The van der Waals surface area contributed by atoms with Gasteiger partial charge in [-0.3, -0.25) is 0 Å². The predicted molar refractivity (Wildman–Crippen MR) is 47.8 cm³/mol. The standard InChI is InChI=1S/C8H16O3S/c1-7(2)5-11-8-3-4-12(9,10)6-8/h7-8H,3-6H2,1-2H3/t8-/m0/s1. The van der Waals surface area contributed by atoms with Gasteiger partial charge in [-0.05, 0) is 12.3 Å². The summed E-state index contributed by atoms with van der Waals surface area (Å²) in [6, 6.07) is 0. The van der Waals surface area contributed by atoms with E-state index in [1.807, 2.05) is 0 Å². The number of rotatable bonds is 3. The minimum absolute atomic E-state index is 0.0441. The molecule has 72 valence electrons. The number of sulfone groups is 1. The van der Waals surface area contributed by atoms with Crippen molar-refractivity contribution in [3.8, 4) is 0 Å². The lowest BCUT2D eigenvalue weighted by molar-refractivity contribution is 0.0522. The minimum Gasteiger partial charge on any atom is -0.377 e. The zero-order chi connectivity index (χ0) is 9.19. The van der Waals surface area contributed by atoms with Gasteiger partial charge < -0.3 is 4.74 Å². The Balaban J connectivity index is 2.29. The van der Waals surface area contributed by atoms with Gasteiger partial charge in [-0.15, -0.1) is 0 Å². The first-order chi connectivity index (χ1) is 5.49. The fourth-order valence-electron chi connectivity index (χ4n) is 1.22. The summed E-state index contributed by atoms with van der Waals surface area (Å²) >= 11 is 0. The fourth-order valence-corrected chi connectivity index (χ4v) is 2.84. The molecule has 0 unspecified atom stereocenters. The zero-order valence-electron chi connectivity index (χ0n) is 7.62. The van der Waals surface area contributed by atoms with Gasteiger partial charge in [0.05, 0.1) is 17.6 Å². The van der Waals surface area contributed by atoms with Gasteiger partial charge >= 0.3 is 0 Å². The van der Waals surface area contributed by atoms with Gasteiger partial charge in [0.2, 0.25) is 0 Å². The summed E-state index contributed by atoms with van der Waals surface area (Å²) in [6.07, 6.45) is 0.632. The second kappa shape index (κ2) is 3.75. The Hall–Kier alpha value is -0.0900. The molecule has 1 aliphatic heterocycles. The van der Waals surface area contributed by atoms with E-state index in [2.05, 4.69) is 13.8 Å². The molecule has 0 aromatic carbocycles. The van der Waals surface area contributed by atoms with Crippen molar-refractivity contribution in [3.05, 3.63) is 0 Å². The molecule has 0 aromatic rings. The first-order valence-corrected chi connectivity index (χ1v) is 6.14. The maximum Gasteiger partial charge on any atom is 0.152 e. The molecule has 1 saturated heterocycles. The van der Waals surface area contributed by atoms with Crippen LogP contribution in [0.25, 0.3) is 0 Å². The molecule has 0 aliphatic carbocycles. The quantitative estimate of drug-likeness (QED) is 0.665. The highest BCUT2D eigenvalue weighted by molar-refractivity contribution is 7.91. The van der Waals surface area contributed by atoms with E-state index in [4.69, 9.17) is 4.74 Å². The summed E-state index contributed by atoms with van der Waals surface area (Å²) in [5.74, 6) is 1.00. The molecule has 0 bridgehead atoms. The molecular formula is C8H16O3S. The Morgan fingerprint density at radius 3 is 2.58 bits per heavy atom. The number of ether oxygens (including phenoxy) is 1. The van der Waals surface area contributed by atoms with Crippen molar-refractivity contribution in [2.24, 2.45) is 5.92 Å². The normalized spacial score (nSPS) is 28.1. The third-order valence-corrected chi connectivity index (χ3v) is 3.59. The molecular weight excluding hydrogens is 176 g/mol. The first-order valence-electron chi connectivity index (χ1n) is 4.31. The maximum atomic E-state index is 11.0. The van der Waals surface area contributed by atoms with Crippen LogP contribution in [-0.4, -0.2) is 32.6 Å². The van der Waals surface area contributed by atoms with Crippen molar-refractivity contribution < 1.29 is 13.2 Å². The highest BCUT2D eigenvalue weighted by Gasteiger charge is 2.28. The zero-order valence-corrected chi connectivity index (χ0v) is 8.43. The lowest BCUT2D eigenvalue weighted by Crippen LogP contribution is -2.17. The first kappa shape index (κ1) is 9.99.